The number of benzene rings is 1. The van der Waals surface area contributed by atoms with E-state index in [1.54, 1.807) is 6.20 Å². The zero-order valence-corrected chi connectivity index (χ0v) is 11.6. The SMILES string of the molecule is CCCC1SC(c2ccno2)=CN1c1ccccc1. The highest BCUT2D eigenvalue weighted by molar-refractivity contribution is 8.09. The predicted octanol–water partition coefficient (Wildman–Crippen LogP) is 4.35. The Hall–Kier alpha value is -1.68. The van der Waals surface area contributed by atoms with Gasteiger partial charge >= 0.3 is 0 Å². The summed E-state index contributed by atoms with van der Waals surface area (Å²) in [5, 5.41) is 4.23. The third-order valence-electron chi connectivity index (χ3n) is 3.10. The molecule has 1 aliphatic rings. The molecule has 19 heavy (non-hydrogen) atoms. The maximum atomic E-state index is 5.26. The normalized spacial score (nSPS) is 18.7. The predicted molar refractivity (Wildman–Crippen MR) is 79.7 cm³/mol. The molecule has 0 spiro atoms. The zero-order chi connectivity index (χ0) is 13.1. The van der Waals surface area contributed by atoms with Gasteiger partial charge in [0.05, 0.1) is 16.5 Å². The van der Waals surface area contributed by atoms with Crippen LogP contribution in [0.1, 0.15) is 25.5 Å². The smallest absolute Gasteiger partial charge is 0.174 e. The van der Waals surface area contributed by atoms with Crippen molar-refractivity contribution >= 4 is 22.4 Å². The lowest BCUT2D eigenvalue weighted by Crippen LogP contribution is -2.23. The molecule has 0 saturated carbocycles. The highest BCUT2D eigenvalue weighted by atomic mass is 32.2. The summed E-state index contributed by atoms with van der Waals surface area (Å²) in [6.07, 6.45) is 6.17. The molecule has 0 bridgehead atoms. The fourth-order valence-corrected chi connectivity index (χ4v) is 3.53. The van der Waals surface area contributed by atoms with E-state index in [1.165, 1.54) is 12.1 Å². The quantitative estimate of drug-likeness (QED) is 0.827. The summed E-state index contributed by atoms with van der Waals surface area (Å²) in [5.74, 6) is 0.851. The number of aromatic nitrogens is 1. The largest absolute Gasteiger partial charge is 0.356 e. The van der Waals surface area contributed by atoms with Gasteiger partial charge in [-0.3, -0.25) is 0 Å². The van der Waals surface area contributed by atoms with Crippen LogP contribution in [0.5, 0.6) is 0 Å². The van der Waals surface area contributed by atoms with Gasteiger partial charge in [0.1, 0.15) is 0 Å². The average Bonchev–Trinajstić information content (AvgIpc) is 3.08. The van der Waals surface area contributed by atoms with Crippen LogP contribution in [0.2, 0.25) is 0 Å². The Bertz CT molecular complexity index is 551. The number of hydrogen-bond donors (Lipinski definition) is 0. The minimum Gasteiger partial charge on any atom is -0.356 e. The van der Waals surface area contributed by atoms with E-state index in [9.17, 15) is 0 Å². The number of rotatable bonds is 4. The minimum atomic E-state index is 0.438. The van der Waals surface area contributed by atoms with E-state index in [2.05, 4.69) is 47.4 Å². The van der Waals surface area contributed by atoms with E-state index in [0.717, 1.165) is 17.1 Å². The van der Waals surface area contributed by atoms with Gasteiger partial charge in [0.15, 0.2) is 5.76 Å². The molecule has 3 nitrogen and oxygen atoms in total. The molecule has 3 rings (SSSR count). The molecule has 0 aliphatic carbocycles. The van der Waals surface area contributed by atoms with Gasteiger partial charge in [-0.05, 0) is 18.6 Å². The third-order valence-corrected chi connectivity index (χ3v) is 4.40. The fourth-order valence-electron chi connectivity index (χ4n) is 2.19. The van der Waals surface area contributed by atoms with Crippen LogP contribution in [0.3, 0.4) is 0 Å². The first-order valence-electron chi connectivity index (χ1n) is 6.51. The molecule has 1 aliphatic heterocycles. The fraction of sp³-hybridized carbons (Fsp3) is 0.267. The second-order valence-electron chi connectivity index (χ2n) is 4.47. The number of para-hydroxylation sites is 1. The maximum absolute atomic E-state index is 5.26. The minimum absolute atomic E-state index is 0.438. The number of hydrogen-bond acceptors (Lipinski definition) is 4. The zero-order valence-electron chi connectivity index (χ0n) is 10.8. The Kier molecular flexibility index (Phi) is 3.60. The van der Waals surface area contributed by atoms with Crippen molar-refractivity contribution in [2.24, 2.45) is 0 Å². The van der Waals surface area contributed by atoms with Gasteiger partial charge in [-0.1, -0.05) is 48.5 Å². The van der Waals surface area contributed by atoms with Crippen molar-refractivity contribution in [2.75, 3.05) is 4.90 Å². The molecule has 98 valence electrons. The number of thioether (sulfide) groups is 1. The second-order valence-corrected chi connectivity index (χ2v) is 5.69. The van der Waals surface area contributed by atoms with E-state index in [0.29, 0.717) is 5.37 Å². The van der Waals surface area contributed by atoms with Crippen molar-refractivity contribution in [2.45, 2.75) is 25.1 Å². The van der Waals surface area contributed by atoms with Crippen LogP contribution in [0.4, 0.5) is 5.69 Å². The van der Waals surface area contributed by atoms with Crippen molar-refractivity contribution in [3.63, 3.8) is 0 Å². The Labute approximate surface area is 117 Å². The molecular formula is C15H16N2OS. The van der Waals surface area contributed by atoms with Crippen molar-refractivity contribution in [1.82, 2.24) is 5.16 Å². The lowest BCUT2D eigenvalue weighted by atomic mass is 10.2. The van der Waals surface area contributed by atoms with Crippen LogP contribution < -0.4 is 4.90 Å². The van der Waals surface area contributed by atoms with E-state index < -0.39 is 0 Å². The lowest BCUT2D eigenvalue weighted by Gasteiger charge is -2.24. The molecule has 0 radical (unpaired) electrons. The van der Waals surface area contributed by atoms with E-state index in [-0.39, 0.29) is 0 Å². The summed E-state index contributed by atoms with van der Waals surface area (Å²) in [6.45, 7) is 2.22. The Morgan fingerprint density at radius 2 is 2.11 bits per heavy atom. The third kappa shape index (κ3) is 2.54. The van der Waals surface area contributed by atoms with Gasteiger partial charge in [-0.15, -0.1) is 0 Å². The summed E-state index contributed by atoms with van der Waals surface area (Å²) in [5.41, 5.74) is 1.22. The van der Waals surface area contributed by atoms with Crippen molar-refractivity contribution in [3.8, 4) is 0 Å². The first kappa shape index (κ1) is 12.4. The van der Waals surface area contributed by atoms with E-state index in [4.69, 9.17) is 4.52 Å². The van der Waals surface area contributed by atoms with Gasteiger partial charge in [-0.25, -0.2) is 0 Å². The standard InChI is InChI=1S/C15H16N2OS/c1-2-6-15-17(12-7-4-3-5-8-12)11-14(19-15)13-9-10-16-18-13/h3-5,7-11,15H,2,6H2,1H3. The summed E-state index contributed by atoms with van der Waals surface area (Å²) in [4.78, 5) is 3.48. The van der Waals surface area contributed by atoms with Gasteiger partial charge in [0.25, 0.3) is 0 Å². The molecule has 2 aromatic rings. The molecule has 1 aromatic carbocycles. The highest BCUT2D eigenvalue weighted by Crippen LogP contribution is 2.43. The van der Waals surface area contributed by atoms with Crippen LogP contribution in [0.25, 0.3) is 4.91 Å². The van der Waals surface area contributed by atoms with Crippen molar-refractivity contribution in [3.05, 3.63) is 54.6 Å². The van der Waals surface area contributed by atoms with Crippen molar-refractivity contribution in [1.29, 1.82) is 0 Å². The summed E-state index contributed by atoms with van der Waals surface area (Å²) >= 11 is 1.85. The van der Waals surface area contributed by atoms with Crippen molar-refractivity contribution < 1.29 is 4.52 Å². The summed E-state index contributed by atoms with van der Waals surface area (Å²) in [6, 6.07) is 12.4. The number of nitrogens with zero attached hydrogens (tertiary/aromatic N) is 2. The molecule has 0 fully saturated rings. The average molecular weight is 272 g/mol. The summed E-state index contributed by atoms with van der Waals surface area (Å²) in [7, 11) is 0. The molecule has 1 unspecified atom stereocenters. The molecule has 4 heteroatoms. The van der Waals surface area contributed by atoms with Gasteiger partial charge < -0.3 is 9.42 Å². The first-order chi connectivity index (χ1) is 9.38. The molecule has 0 saturated heterocycles. The van der Waals surface area contributed by atoms with E-state index >= 15 is 0 Å². The molecule has 1 atom stereocenters. The highest BCUT2D eigenvalue weighted by Gasteiger charge is 2.27. The molecule has 0 N–H and O–H groups in total. The van der Waals surface area contributed by atoms with Crippen LogP contribution in [-0.2, 0) is 0 Å². The summed E-state index contributed by atoms with van der Waals surface area (Å²) < 4.78 is 5.26. The Morgan fingerprint density at radius 1 is 1.26 bits per heavy atom. The van der Waals surface area contributed by atoms with Crippen LogP contribution in [-0.4, -0.2) is 10.5 Å². The Balaban J connectivity index is 1.90. The van der Waals surface area contributed by atoms with E-state index in [1.807, 2.05) is 23.9 Å². The maximum Gasteiger partial charge on any atom is 0.174 e. The molecule has 2 heterocycles. The lowest BCUT2D eigenvalue weighted by molar-refractivity contribution is 0.412. The first-order valence-corrected chi connectivity index (χ1v) is 7.39. The van der Waals surface area contributed by atoms with Gasteiger partial charge in [-0.2, -0.15) is 0 Å². The van der Waals surface area contributed by atoms with Crippen LogP contribution >= 0.6 is 11.8 Å². The number of anilines is 1. The molecule has 1 aromatic heterocycles. The van der Waals surface area contributed by atoms with Gasteiger partial charge in [0.2, 0.25) is 0 Å². The van der Waals surface area contributed by atoms with Crippen LogP contribution in [0.15, 0.2) is 53.3 Å². The van der Waals surface area contributed by atoms with Crippen LogP contribution in [0, 0.1) is 0 Å². The molecule has 0 amide bonds. The van der Waals surface area contributed by atoms with Gasteiger partial charge in [0, 0.05) is 18.0 Å². The molecular weight excluding hydrogens is 256 g/mol. The topological polar surface area (TPSA) is 29.3 Å². The second kappa shape index (κ2) is 5.53. The monoisotopic (exact) mass is 272 g/mol. The Morgan fingerprint density at radius 3 is 2.79 bits per heavy atom.